The van der Waals surface area contributed by atoms with Gasteiger partial charge in [0.2, 0.25) is 5.91 Å². The van der Waals surface area contributed by atoms with E-state index in [-0.39, 0.29) is 5.91 Å². The van der Waals surface area contributed by atoms with E-state index in [4.69, 9.17) is 9.84 Å². The van der Waals surface area contributed by atoms with Gasteiger partial charge >= 0.3 is 5.97 Å². The summed E-state index contributed by atoms with van der Waals surface area (Å²) < 4.78 is 5.21. The quantitative estimate of drug-likeness (QED) is 0.924. The molecule has 1 aromatic rings. The molecule has 0 spiro atoms. The molecule has 1 heterocycles. The molecule has 0 aromatic heterocycles. The molecule has 5 heteroatoms. The monoisotopic (exact) mass is 291 g/mol. The summed E-state index contributed by atoms with van der Waals surface area (Å²) in [6.07, 6.45) is 1.78. The molecule has 114 valence electrons. The molecule has 0 radical (unpaired) electrons. The number of carbonyl (C=O) groups is 2. The lowest BCUT2D eigenvalue weighted by molar-refractivity contribution is -0.145. The van der Waals surface area contributed by atoms with Crippen LogP contribution in [0.25, 0.3) is 0 Å². The first-order valence-corrected chi connectivity index (χ1v) is 7.16. The van der Waals surface area contributed by atoms with Crippen molar-refractivity contribution >= 4 is 17.6 Å². The lowest BCUT2D eigenvalue weighted by Crippen LogP contribution is -2.42. The molecule has 21 heavy (non-hydrogen) atoms. The van der Waals surface area contributed by atoms with Crippen LogP contribution in [0, 0.1) is 11.8 Å². The molecule has 2 unspecified atom stereocenters. The fraction of sp³-hybridized carbons (Fsp3) is 0.500. The van der Waals surface area contributed by atoms with Crippen LogP contribution in [0.2, 0.25) is 0 Å². The molecular weight excluding hydrogens is 270 g/mol. The van der Waals surface area contributed by atoms with E-state index in [1.54, 1.807) is 25.9 Å². The minimum absolute atomic E-state index is 0.129. The molecular formula is C16H21NO4. The van der Waals surface area contributed by atoms with E-state index in [1.807, 2.05) is 18.2 Å². The minimum atomic E-state index is -0.942. The van der Waals surface area contributed by atoms with Crippen molar-refractivity contribution in [2.75, 3.05) is 18.6 Å². The molecule has 0 fully saturated rings. The van der Waals surface area contributed by atoms with Crippen LogP contribution in [0.1, 0.15) is 25.8 Å². The summed E-state index contributed by atoms with van der Waals surface area (Å²) in [5.41, 5.74) is 1.95. The lowest BCUT2D eigenvalue weighted by atomic mass is 9.92. The van der Waals surface area contributed by atoms with Crippen LogP contribution in [-0.4, -0.2) is 30.6 Å². The number of benzene rings is 1. The van der Waals surface area contributed by atoms with Gasteiger partial charge in [0.1, 0.15) is 5.75 Å². The predicted molar refractivity (Wildman–Crippen MR) is 79.6 cm³/mol. The fourth-order valence-electron chi connectivity index (χ4n) is 2.60. The van der Waals surface area contributed by atoms with Gasteiger partial charge in [-0.1, -0.05) is 13.8 Å². The van der Waals surface area contributed by atoms with E-state index in [9.17, 15) is 9.59 Å². The number of anilines is 1. The number of carboxylic acid groups (broad SMARTS) is 1. The molecule has 0 saturated carbocycles. The number of aryl methyl sites for hydroxylation is 1. The van der Waals surface area contributed by atoms with Gasteiger partial charge in [0.25, 0.3) is 0 Å². The summed E-state index contributed by atoms with van der Waals surface area (Å²) in [5, 5.41) is 9.08. The Morgan fingerprint density at radius 3 is 2.62 bits per heavy atom. The number of nitrogens with zero attached hydrogens (tertiary/aromatic N) is 1. The van der Waals surface area contributed by atoms with E-state index >= 15 is 0 Å². The van der Waals surface area contributed by atoms with Gasteiger partial charge in [-0.05, 0) is 36.6 Å². The largest absolute Gasteiger partial charge is 0.497 e. The van der Waals surface area contributed by atoms with Gasteiger partial charge in [0.15, 0.2) is 0 Å². The molecule has 2 atom stereocenters. The third-order valence-electron chi connectivity index (χ3n) is 4.20. The predicted octanol–water partition coefficient (Wildman–Crippen LogP) is 2.33. The summed E-state index contributed by atoms with van der Waals surface area (Å²) in [6.45, 7) is 3.89. The van der Waals surface area contributed by atoms with Crippen molar-refractivity contribution in [1.29, 1.82) is 0 Å². The zero-order valence-corrected chi connectivity index (χ0v) is 12.6. The van der Waals surface area contributed by atoms with E-state index in [1.165, 1.54) is 0 Å². The first kappa shape index (κ1) is 15.4. The maximum Gasteiger partial charge on any atom is 0.307 e. The van der Waals surface area contributed by atoms with Crippen LogP contribution in [0.3, 0.4) is 0 Å². The van der Waals surface area contributed by atoms with Gasteiger partial charge in [-0.15, -0.1) is 0 Å². The second kappa shape index (κ2) is 6.16. The van der Waals surface area contributed by atoms with Crippen LogP contribution in [0.15, 0.2) is 18.2 Å². The molecule has 0 bridgehead atoms. The smallest absolute Gasteiger partial charge is 0.307 e. The molecule has 1 N–H and O–H groups in total. The van der Waals surface area contributed by atoms with Crippen molar-refractivity contribution < 1.29 is 19.4 Å². The number of aliphatic carboxylic acids is 1. The maximum atomic E-state index is 12.6. The summed E-state index contributed by atoms with van der Waals surface area (Å²) in [7, 11) is 1.62. The number of rotatable bonds is 4. The van der Waals surface area contributed by atoms with Crippen molar-refractivity contribution in [3.63, 3.8) is 0 Å². The Hall–Kier alpha value is -2.04. The van der Waals surface area contributed by atoms with Crippen molar-refractivity contribution in [2.24, 2.45) is 11.8 Å². The molecule has 0 aliphatic carbocycles. The highest BCUT2D eigenvalue weighted by atomic mass is 16.5. The Balaban J connectivity index is 2.27. The highest BCUT2D eigenvalue weighted by Crippen LogP contribution is 2.32. The summed E-state index contributed by atoms with van der Waals surface area (Å²) in [5.74, 6) is -1.54. The maximum absolute atomic E-state index is 12.6. The Bertz CT molecular complexity index is 555. The van der Waals surface area contributed by atoms with Gasteiger partial charge < -0.3 is 14.7 Å². The number of carboxylic acids is 1. The van der Waals surface area contributed by atoms with Crippen LogP contribution in [0.5, 0.6) is 5.75 Å². The third-order valence-corrected chi connectivity index (χ3v) is 4.20. The average Bonchev–Trinajstić information content (AvgIpc) is 2.51. The van der Waals surface area contributed by atoms with Crippen LogP contribution in [-0.2, 0) is 16.0 Å². The van der Waals surface area contributed by atoms with Gasteiger partial charge in [-0.3, -0.25) is 9.59 Å². The molecule has 5 nitrogen and oxygen atoms in total. The second-order valence-corrected chi connectivity index (χ2v) is 5.50. The SMILES string of the molecule is COc1ccc2c(c1)CCCN2C(=O)C(C)C(C)C(=O)O. The third kappa shape index (κ3) is 3.01. The standard InChI is InChI=1S/C16H21NO4/c1-10(11(2)16(19)20)15(18)17-8-4-5-12-9-13(21-3)6-7-14(12)17/h6-7,9-11H,4-5,8H2,1-3H3,(H,19,20). The van der Waals surface area contributed by atoms with Crippen LogP contribution < -0.4 is 9.64 Å². The summed E-state index contributed by atoms with van der Waals surface area (Å²) >= 11 is 0. The molecule has 0 saturated heterocycles. The lowest BCUT2D eigenvalue weighted by Gasteiger charge is -2.32. The van der Waals surface area contributed by atoms with Gasteiger partial charge in [-0.2, -0.15) is 0 Å². The number of fused-ring (bicyclic) bond motifs is 1. The number of hydrogen-bond acceptors (Lipinski definition) is 3. The van der Waals surface area contributed by atoms with Gasteiger partial charge in [0, 0.05) is 18.2 Å². The Kier molecular flexibility index (Phi) is 4.50. The Labute approximate surface area is 124 Å². The van der Waals surface area contributed by atoms with Crippen molar-refractivity contribution in [3.8, 4) is 5.75 Å². The van der Waals surface area contributed by atoms with Crippen molar-refractivity contribution in [2.45, 2.75) is 26.7 Å². The second-order valence-electron chi connectivity index (χ2n) is 5.50. The molecule has 1 aliphatic rings. The number of methoxy groups -OCH3 is 1. The van der Waals surface area contributed by atoms with E-state index in [0.29, 0.717) is 6.54 Å². The molecule has 2 rings (SSSR count). The zero-order valence-electron chi connectivity index (χ0n) is 12.6. The van der Waals surface area contributed by atoms with Gasteiger partial charge in [0.05, 0.1) is 13.0 Å². The normalized spacial score (nSPS) is 16.8. The van der Waals surface area contributed by atoms with Crippen LogP contribution >= 0.6 is 0 Å². The van der Waals surface area contributed by atoms with E-state index in [2.05, 4.69) is 0 Å². The topological polar surface area (TPSA) is 66.8 Å². The highest BCUT2D eigenvalue weighted by molar-refractivity contribution is 5.98. The average molecular weight is 291 g/mol. The minimum Gasteiger partial charge on any atom is -0.497 e. The molecule has 1 aliphatic heterocycles. The highest BCUT2D eigenvalue weighted by Gasteiger charge is 2.32. The summed E-state index contributed by atoms with van der Waals surface area (Å²) in [4.78, 5) is 25.4. The van der Waals surface area contributed by atoms with Crippen LogP contribution in [0.4, 0.5) is 5.69 Å². The molecule has 1 aromatic carbocycles. The number of hydrogen-bond donors (Lipinski definition) is 1. The van der Waals surface area contributed by atoms with Crippen molar-refractivity contribution in [1.82, 2.24) is 0 Å². The van der Waals surface area contributed by atoms with E-state index in [0.717, 1.165) is 29.8 Å². The Morgan fingerprint density at radius 2 is 2.00 bits per heavy atom. The summed E-state index contributed by atoms with van der Waals surface area (Å²) in [6, 6.07) is 5.65. The number of ether oxygens (including phenoxy) is 1. The van der Waals surface area contributed by atoms with Gasteiger partial charge in [-0.25, -0.2) is 0 Å². The van der Waals surface area contributed by atoms with E-state index < -0.39 is 17.8 Å². The fourth-order valence-corrected chi connectivity index (χ4v) is 2.60. The first-order valence-electron chi connectivity index (χ1n) is 7.16. The molecule has 1 amide bonds. The number of carbonyl (C=O) groups excluding carboxylic acids is 1. The Morgan fingerprint density at radius 1 is 1.29 bits per heavy atom. The first-order chi connectivity index (χ1) is 9.95. The number of amides is 1. The van der Waals surface area contributed by atoms with Crippen molar-refractivity contribution in [3.05, 3.63) is 23.8 Å². The zero-order chi connectivity index (χ0) is 15.6.